The molecule has 0 aromatic rings. The van der Waals surface area contributed by atoms with E-state index in [9.17, 15) is 0 Å². The quantitative estimate of drug-likeness (QED) is 0.722. The molecule has 18 heavy (non-hydrogen) atoms. The Morgan fingerprint density at radius 1 is 1.00 bits per heavy atom. The third-order valence-corrected chi connectivity index (χ3v) is 4.36. The Morgan fingerprint density at radius 2 is 1.67 bits per heavy atom. The topological polar surface area (TPSA) is 32.5 Å². The zero-order valence-corrected chi connectivity index (χ0v) is 12.7. The lowest BCUT2D eigenvalue weighted by atomic mass is 9.80. The van der Waals surface area contributed by atoms with E-state index in [1.165, 1.54) is 64.6 Å². The fourth-order valence-corrected chi connectivity index (χ4v) is 3.29. The number of hydrogen-bond acceptors (Lipinski definition) is 3. The molecule has 3 heteroatoms. The van der Waals surface area contributed by atoms with Crippen molar-refractivity contribution in [1.82, 2.24) is 9.80 Å². The van der Waals surface area contributed by atoms with Gasteiger partial charge in [-0.05, 0) is 59.4 Å². The molecule has 1 rings (SSSR count). The SMILES string of the molecule is CCCN(CCCN(C)C)C1(CN)CCCCC1. The standard InChI is InChI=1S/C15H33N3/c1-4-11-18(13-8-12-17(2)3)15(14-16)9-6-5-7-10-15/h4-14,16H2,1-3H3. The van der Waals surface area contributed by atoms with Gasteiger partial charge < -0.3 is 10.6 Å². The van der Waals surface area contributed by atoms with Crippen molar-refractivity contribution in [2.24, 2.45) is 5.73 Å². The molecule has 2 N–H and O–H groups in total. The third kappa shape index (κ3) is 4.52. The molecule has 0 heterocycles. The Labute approximate surface area is 114 Å². The van der Waals surface area contributed by atoms with E-state index in [0.29, 0.717) is 5.54 Å². The second kappa shape index (κ2) is 8.13. The molecule has 108 valence electrons. The normalized spacial score (nSPS) is 19.7. The fourth-order valence-electron chi connectivity index (χ4n) is 3.29. The minimum Gasteiger partial charge on any atom is -0.329 e. The number of nitrogens with zero attached hydrogens (tertiary/aromatic N) is 2. The molecule has 0 aromatic heterocycles. The summed E-state index contributed by atoms with van der Waals surface area (Å²) < 4.78 is 0. The lowest BCUT2D eigenvalue weighted by Crippen LogP contribution is -2.55. The second-order valence-corrected chi connectivity index (χ2v) is 6.13. The maximum atomic E-state index is 6.15. The summed E-state index contributed by atoms with van der Waals surface area (Å²) >= 11 is 0. The monoisotopic (exact) mass is 255 g/mol. The van der Waals surface area contributed by atoms with E-state index in [2.05, 4.69) is 30.8 Å². The maximum Gasteiger partial charge on any atom is 0.0331 e. The van der Waals surface area contributed by atoms with E-state index >= 15 is 0 Å². The highest BCUT2D eigenvalue weighted by atomic mass is 15.2. The zero-order valence-electron chi connectivity index (χ0n) is 12.7. The molecule has 0 unspecified atom stereocenters. The van der Waals surface area contributed by atoms with Crippen LogP contribution < -0.4 is 5.73 Å². The molecule has 0 bridgehead atoms. The smallest absolute Gasteiger partial charge is 0.0331 e. The first kappa shape index (κ1) is 15.9. The van der Waals surface area contributed by atoms with Crippen molar-refractivity contribution in [3.8, 4) is 0 Å². The van der Waals surface area contributed by atoms with Crippen LogP contribution >= 0.6 is 0 Å². The van der Waals surface area contributed by atoms with E-state index in [-0.39, 0.29) is 0 Å². The molecule has 0 aliphatic heterocycles. The average Bonchev–Trinajstić information content (AvgIpc) is 2.38. The zero-order chi connectivity index (χ0) is 13.4. The lowest BCUT2D eigenvalue weighted by Gasteiger charge is -2.46. The van der Waals surface area contributed by atoms with Crippen LogP contribution in [0.3, 0.4) is 0 Å². The van der Waals surface area contributed by atoms with Crippen LogP contribution in [-0.2, 0) is 0 Å². The third-order valence-electron chi connectivity index (χ3n) is 4.36. The van der Waals surface area contributed by atoms with Gasteiger partial charge in [0.15, 0.2) is 0 Å². The summed E-state index contributed by atoms with van der Waals surface area (Å²) in [5, 5.41) is 0. The minimum atomic E-state index is 0.320. The summed E-state index contributed by atoms with van der Waals surface area (Å²) in [7, 11) is 4.31. The van der Waals surface area contributed by atoms with Crippen molar-refractivity contribution in [2.45, 2.75) is 57.4 Å². The Kier molecular flexibility index (Phi) is 7.20. The molecule has 0 atom stereocenters. The number of hydrogen-bond donors (Lipinski definition) is 1. The molecule has 0 spiro atoms. The summed E-state index contributed by atoms with van der Waals surface area (Å²) in [4.78, 5) is 4.98. The molecule has 0 amide bonds. The highest BCUT2D eigenvalue weighted by Crippen LogP contribution is 2.33. The van der Waals surface area contributed by atoms with E-state index in [4.69, 9.17) is 5.73 Å². The maximum absolute atomic E-state index is 6.15. The van der Waals surface area contributed by atoms with Gasteiger partial charge in [0.1, 0.15) is 0 Å². The van der Waals surface area contributed by atoms with E-state index in [0.717, 1.165) is 6.54 Å². The van der Waals surface area contributed by atoms with Gasteiger partial charge in [0.05, 0.1) is 0 Å². The molecule has 0 saturated heterocycles. The van der Waals surface area contributed by atoms with Gasteiger partial charge in [-0.3, -0.25) is 4.90 Å². The van der Waals surface area contributed by atoms with Crippen molar-refractivity contribution < 1.29 is 0 Å². The van der Waals surface area contributed by atoms with Crippen LogP contribution in [0, 0.1) is 0 Å². The van der Waals surface area contributed by atoms with Crippen molar-refractivity contribution in [3.63, 3.8) is 0 Å². The van der Waals surface area contributed by atoms with Gasteiger partial charge >= 0.3 is 0 Å². The number of rotatable bonds is 8. The summed E-state index contributed by atoms with van der Waals surface area (Å²) in [6.45, 7) is 6.73. The molecule has 1 saturated carbocycles. The summed E-state index contributed by atoms with van der Waals surface area (Å²) in [6.07, 6.45) is 9.25. The summed E-state index contributed by atoms with van der Waals surface area (Å²) in [5.41, 5.74) is 6.47. The Balaban J connectivity index is 2.56. The first-order valence-corrected chi connectivity index (χ1v) is 7.74. The average molecular weight is 255 g/mol. The van der Waals surface area contributed by atoms with Gasteiger partial charge in [-0.2, -0.15) is 0 Å². The van der Waals surface area contributed by atoms with Crippen LogP contribution in [0.25, 0.3) is 0 Å². The van der Waals surface area contributed by atoms with Crippen LogP contribution in [0.5, 0.6) is 0 Å². The first-order chi connectivity index (χ1) is 8.64. The van der Waals surface area contributed by atoms with E-state index < -0.39 is 0 Å². The van der Waals surface area contributed by atoms with Gasteiger partial charge in [-0.15, -0.1) is 0 Å². The van der Waals surface area contributed by atoms with Gasteiger partial charge in [0.2, 0.25) is 0 Å². The van der Waals surface area contributed by atoms with E-state index in [1.807, 2.05) is 0 Å². The fraction of sp³-hybridized carbons (Fsp3) is 1.00. The van der Waals surface area contributed by atoms with Crippen molar-refractivity contribution in [3.05, 3.63) is 0 Å². The Bertz CT molecular complexity index is 210. The van der Waals surface area contributed by atoms with Gasteiger partial charge in [0.25, 0.3) is 0 Å². The van der Waals surface area contributed by atoms with Crippen LogP contribution in [0.4, 0.5) is 0 Å². The molecule has 1 fully saturated rings. The summed E-state index contributed by atoms with van der Waals surface area (Å²) in [6, 6.07) is 0. The van der Waals surface area contributed by atoms with Crippen LogP contribution in [0.15, 0.2) is 0 Å². The molecule has 1 aliphatic rings. The van der Waals surface area contributed by atoms with Gasteiger partial charge in [-0.1, -0.05) is 26.2 Å². The van der Waals surface area contributed by atoms with E-state index in [1.54, 1.807) is 0 Å². The second-order valence-electron chi connectivity index (χ2n) is 6.13. The first-order valence-electron chi connectivity index (χ1n) is 7.74. The van der Waals surface area contributed by atoms with Crippen LogP contribution in [0.1, 0.15) is 51.9 Å². The van der Waals surface area contributed by atoms with Crippen LogP contribution in [0.2, 0.25) is 0 Å². The predicted octanol–water partition coefficient (Wildman–Crippen LogP) is 2.31. The van der Waals surface area contributed by atoms with Gasteiger partial charge in [0, 0.05) is 12.1 Å². The molecular formula is C15H33N3. The Hall–Kier alpha value is -0.120. The Morgan fingerprint density at radius 3 is 2.17 bits per heavy atom. The predicted molar refractivity (Wildman–Crippen MR) is 79.9 cm³/mol. The summed E-state index contributed by atoms with van der Waals surface area (Å²) in [5.74, 6) is 0. The molecule has 0 radical (unpaired) electrons. The lowest BCUT2D eigenvalue weighted by molar-refractivity contribution is 0.0539. The largest absolute Gasteiger partial charge is 0.329 e. The van der Waals surface area contributed by atoms with Crippen LogP contribution in [-0.4, -0.2) is 55.6 Å². The minimum absolute atomic E-state index is 0.320. The molecule has 3 nitrogen and oxygen atoms in total. The molecule has 0 aromatic carbocycles. The highest BCUT2D eigenvalue weighted by molar-refractivity contribution is 4.94. The highest BCUT2D eigenvalue weighted by Gasteiger charge is 2.35. The van der Waals surface area contributed by atoms with Gasteiger partial charge in [-0.25, -0.2) is 0 Å². The molecular weight excluding hydrogens is 222 g/mol. The van der Waals surface area contributed by atoms with Crippen molar-refractivity contribution >= 4 is 0 Å². The van der Waals surface area contributed by atoms with Crippen molar-refractivity contribution in [1.29, 1.82) is 0 Å². The van der Waals surface area contributed by atoms with Crippen molar-refractivity contribution in [2.75, 3.05) is 40.3 Å². The molecule has 1 aliphatic carbocycles. The number of nitrogens with two attached hydrogens (primary N) is 1.